The summed E-state index contributed by atoms with van der Waals surface area (Å²) < 4.78 is 6.23. The van der Waals surface area contributed by atoms with Gasteiger partial charge in [-0.1, -0.05) is 37.6 Å². The smallest absolute Gasteiger partial charge is 0.0979 e. The van der Waals surface area contributed by atoms with E-state index in [1.165, 1.54) is 5.56 Å². The molecule has 100 valence electrons. The third-order valence-electron chi connectivity index (χ3n) is 3.39. The van der Waals surface area contributed by atoms with Crippen molar-refractivity contribution in [2.24, 2.45) is 5.92 Å². The summed E-state index contributed by atoms with van der Waals surface area (Å²) in [5.74, 6) is 0.663. The fraction of sp³-hybridized carbons (Fsp3) is 0.600. The number of hydrogen-bond donors (Lipinski definition) is 1. The van der Waals surface area contributed by atoms with Gasteiger partial charge in [0, 0.05) is 17.6 Å². The lowest BCUT2D eigenvalue weighted by atomic mass is 9.98. The summed E-state index contributed by atoms with van der Waals surface area (Å²) in [6, 6.07) is 8.32. The van der Waals surface area contributed by atoms with E-state index in [1.807, 2.05) is 12.1 Å². The molecular weight excluding hydrogens is 246 g/mol. The highest BCUT2D eigenvalue weighted by atomic mass is 35.5. The van der Waals surface area contributed by atoms with Crippen molar-refractivity contribution in [3.8, 4) is 0 Å². The molecule has 1 aliphatic rings. The highest BCUT2D eigenvalue weighted by Gasteiger charge is 2.29. The Bertz CT molecular complexity index is 377. The summed E-state index contributed by atoms with van der Waals surface area (Å²) in [6.07, 6.45) is 1.53. The zero-order valence-electron chi connectivity index (χ0n) is 11.3. The molecule has 0 radical (unpaired) electrons. The second-order valence-electron chi connectivity index (χ2n) is 5.56. The van der Waals surface area contributed by atoms with Crippen LogP contribution in [0.25, 0.3) is 0 Å². The highest BCUT2D eigenvalue weighted by molar-refractivity contribution is 6.30. The zero-order chi connectivity index (χ0) is 13.1. The third kappa shape index (κ3) is 3.47. The largest absolute Gasteiger partial charge is 0.367 e. The first kappa shape index (κ1) is 13.9. The van der Waals surface area contributed by atoms with Gasteiger partial charge in [-0.3, -0.25) is 0 Å². The molecule has 2 nitrogen and oxygen atoms in total. The standard InChI is InChI=1S/C15H22ClNO/c1-10(2)8-14-9-17-11(3)15(18-14)12-4-6-13(16)7-5-12/h4-7,10-11,14-15,17H,8-9H2,1-3H3. The Kier molecular flexibility index (Phi) is 4.66. The van der Waals surface area contributed by atoms with Crippen molar-refractivity contribution in [2.75, 3.05) is 6.54 Å². The molecular formula is C15H22ClNO. The van der Waals surface area contributed by atoms with Crippen LogP contribution in [0.4, 0.5) is 0 Å². The lowest BCUT2D eigenvalue weighted by Crippen LogP contribution is -2.47. The van der Waals surface area contributed by atoms with Gasteiger partial charge in [0.2, 0.25) is 0 Å². The van der Waals surface area contributed by atoms with Crippen LogP contribution in [0.1, 0.15) is 38.9 Å². The minimum absolute atomic E-state index is 0.125. The topological polar surface area (TPSA) is 21.3 Å². The SMILES string of the molecule is CC(C)CC1CNC(C)C(c2ccc(Cl)cc2)O1. The molecule has 3 heteroatoms. The van der Waals surface area contributed by atoms with Gasteiger partial charge in [0.25, 0.3) is 0 Å². The van der Waals surface area contributed by atoms with Gasteiger partial charge in [0.05, 0.1) is 12.2 Å². The summed E-state index contributed by atoms with van der Waals surface area (Å²) in [6.45, 7) is 7.59. The monoisotopic (exact) mass is 267 g/mol. The van der Waals surface area contributed by atoms with Gasteiger partial charge in [-0.2, -0.15) is 0 Å². The normalized spacial score (nSPS) is 28.6. The molecule has 2 rings (SSSR count). The van der Waals surface area contributed by atoms with Crippen LogP contribution in [0, 0.1) is 5.92 Å². The first-order chi connectivity index (χ1) is 8.56. The lowest BCUT2D eigenvalue weighted by molar-refractivity contribution is -0.0687. The molecule has 1 aliphatic heterocycles. The van der Waals surface area contributed by atoms with Gasteiger partial charge in [0.15, 0.2) is 0 Å². The summed E-state index contributed by atoms with van der Waals surface area (Å²) in [5.41, 5.74) is 1.20. The Balaban J connectivity index is 2.07. The molecule has 0 aromatic heterocycles. The number of morpholine rings is 1. The molecule has 1 fully saturated rings. The second kappa shape index (κ2) is 6.05. The van der Waals surface area contributed by atoms with E-state index in [2.05, 4.69) is 38.2 Å². The number of nitrogens with one attached hydrogen (secondary N) is 1. The van der Waals surface area contributed by atoms with Crippen LogP contribution in [0.15, 0.2) is 24.3 Å². The molecule has 1 aromatic rings. The maximum absolute atomic E-state index is 6.23. The summed E-state index contributed by atoms with van der Waals surface area (Å²) >= 11 is 5.93. The van der Waals surface area contributed by atoms with Crippen molar-refractivity contribution in [1.82, 2.24) is 5.32 Å². The van der Waals surface area contributed by atoms with Gasteiger partial charge in [-0.25, -0.2) is 0 Å². The number of rotatable bonds is 3. The Labute approximate surface area is 115 Å². The van der Waals surface area contributed by atoms with Gasteiger partial charge in [0.1, 0.15) is 0 Å². The van der Waals surface area contributed by atoms with Gasteiger partial charge in [-0.05, 0) is 37.0 Å². The van der Waals surface area contributed by atoms with E-state index < -0.39 is 0 Å². The van der Waals surface area contributed by atoms with Gasteiger partial charge in [-0.15, -0.1) is 0 Å². The minimum Gasteiger partial charge on any atom is -0.367 e. The lowest BCUT2D eigenvalue weighted by Gasteiger charge is -2.37. The number of benzene rings is 1. The quantitative estimate of drug-likeness (QED) is 0.899. The number of halogens is 1. The molecule has 0 saturated carbocycles. The minimum atomic E-state index is 0.125. The van der Waals surface area contributed by atoms with Crippen LogP contribution >= 0.6 is 11.6 Å². The van der Waals surface area contributed by atoms with Crippen LogP contribution in [-0.2, 0) is 4.74 Å². The summed E-state index contributed by atoms with van der Waals surface area (Å²) in [5, 5.41) is 4.31. The Morgan fingerprint density at radius 3 is 2.61 bits per heavy atom. The first-order valence-corrected chi connectivity index (χ1v) is 7.08. The maximum atomic E-state index is 6.23. The first-order valence-electron chi connectivity index (χ1n) is 6.70. The molecule has 0 spiro atoms. The Hall–Kier alpha value is -0.570. The van der Waals surface area contributed by atoms with E-state index >= 15 is 0 Å². The van der Waals surface area contributed by atoms with E-state index in [0.29, 0.717) is 18.1 Å². The van der Waals surface area contributed by atoms with Gasteiger partial charge < -0.3 is 10.1 Å². The van der Waals surface area contributed by atoms with Gasteiger partial charge >= 0.3 is 0 Å². The predicted molar refractivity (Wildman–Crippen MR) is 76.0 cm³/mol. The van der Waals surface area contributed by atoms with Crippen molar-refractivity contribution in [3.63, 3.8) is 0 Å². The molecule has 1 saturated heterocycles. The number of ether oxygens (including phenoxy) is 1. The van der Waals surface area contributed by atoms with Crippen molar-refractivity contribution in [3.05, 3.63) is 34.9 Å². The fourth-order valence-electron chi connectivity index (χ4n) is 2.48. The average molecular weight is 268 g/mol. The van der Waals surface area contributed by atoms with Crippen molar-refractivity contribution in [2.45, 2.75) is 45.4 Å². The Morgan fingerprint density at radius 2 is 2.00 bits per heavy atom. The third-order valence-corrected chi connectivity index (χ3v) is 3.65. The number of hydrogen-bond acceptors (Lipinski definition) is 2. The molecule has 1 N–H and O–H groups in total. The second-order valence-corrected chi connectivity index (χ2v) is 5.99. The van der Waals surface area contributed by atoms with E-state index in [-0.39, 0.29) is 6.10 Å². The van der Waals surface area contributed by atoms with Crippen LogP contribution in [0.2, 0.25) is 5.02 Å². The van der Waals surface area contributed by atoms with E-state index in [1.54, 1.807) is 0 Å². The van der Waals surface area contributed by atoms with E-state index in [4.69, 9.17) is 16.3 Å². The van der Waals surface area contributed by atoms with E-state index in [9.17, 15) is 0 Å². The molecule has 1 heterocycles. The molecule has 1 aromatic carbocycles. The Morgan fingerprint density at radius 1 is 1.33 bits per heavy atom. The van der Waals surface area contributed by atoms with Crippen LogP contribution in [0.5, 0.6) is 0 Å². The molecule has 0 amide bonds. The summed E-state index contributed by atoms with van der Waals surface area (Å²) in [4.78, 5) is 0. The zero-order valence-corrected chi connectivity index (χ0v) is 12.1. The summed E-state index contributed by atoms with van der Waals surface area (Å²) in [7, 11) is 0. The van der Waals surface area contributed by atoms with Crippen molar-refractivity contribution < 1.29 is 4.74 Å². The molecule has 0 aliphatic carbocycles. The molecule has 18 heavy (non-hydrogen) atoms. The molecule has 0 bridgehead atoms. The predicted octanol–water partition coefficient (Wildman–Crippen LogP) is 3.80. The van der Waals surface area contributed by atoms with E-state index in [0.717, 1.165) is 18.0 Å². The molecule has 3 unspecified atom stereocenters. The van der Waals surface area contributed by atoms with Crippen LogP contribution in [-0.4, -0.2) is 18.7 Å². The maximum Gasteiger partial charge on any atom is 0.0979 e. The fourth-order valence-corrected chi connectivity index (χ4v) is 2.61. The van der Waals surface area contributed by atoms with Crippen LogP contribution in [0.3, 0.4) is 0 Å². The van der Waals surface area contributed by atoms with Crippen molar-refractivity contribution in [1.29, 1.82) is 0 Å². The molecule has 3 atom stereocenters. The highest BCUT2D eigenvalue weighted by Crippen LogP contribution is 2.28. The van der Waals surface area contributed by atoms with Crippen LogP contribution < -0.4 is 5.32 Å². The average Bonchev–Trinajstić information content (AvgIpc) is 2.32. The van der Waals surface area contributed by atoms with Crippen molar-refractivity contribution >= 4 is 11.6 Å².